The van der Waals surface area contributed by atoms with Gasteiger partial charge in [0.15, 0.2) is 0 Å². The third-order valence-electron chi connectivity index (χ3n) is 1.50. The number of rotatable bonds is 2. The summed E-state index contributed by atoms with van der Waals surface area (Å²) in [5, 5.41) is 2.79. The first-order chi connectivity index (χ1) is 5.25. The Morgan fingerprint density at radius 3 is 2.64 bits per heavy atom. The second-order valence-corrected chi connectivity index (χ2v) is 2.21. The molecule has 0 atom stereocenters. The van der Waals surface area contributed by atoms with Gasteiger partial charge in [-0.25, -0.2) is 4.39 Å². The van der Waals surface area contributed by atoms with Crippen LogP contribution in [-0.2, 0) is 0 Å². The summed E-state index contributed by atoms with van der Waals surface area (Å²) in [7, 11) is 1.72. The van der Waals surface area contributed by atoms with Crippen LogP contribution in [0, 0.1) is 5.82 Å². The SMILES string of the molecule is C=C(NC)c1ccccc1F. The predicted molar refractivity (Wildman–Crippen MR) is 44.5 cm³/mol. The zero-order valence-electron chi connectivity index (χ0n) is 6.39. The Morgan fingerprint density at radius 1 is 1.45 bits per heavy atom. The molecule has 0 aliphatic heterocycles. The monoisotopic (exact) mass is 151 g/mol. The molecular formula is C9H10FN. The van der Waals surface area contributed by atoms with Crippen LogP contribution in [0.25, 0.3) is 5.70 Å². The number of nitrogens with one attached hydrogen (secondary N) is 1. The molecule has 0 heterocycles. The van der Waals surface area contributed by atoms with Gasteiger partial charge in [-0.05, 0) is 12.1 Å². The molecule has 0 amide bonds. The molecule has 1 nitrogen and oxygen atoms in total. The molecule has 58 valence electrons. The maximum atomic E-state index is 12.9. The number of benzene rings is 1. The van der Waals surface area contributed by atoms with E-state index in [0.717, 1.165) is 0 Å². The summed E-state index contributed by atoms with van der Waals surface area (Å²) in [5.74, 6) is -0.244. The van der Waals surface area contributed by atoms with Gasteiger partial charge in [-0.15, -0.1) is 0 Å². The van der Waals surface area contributed by atoms with Gasteiger partial charge in [0.25, 0.3) is 0 Å². The lowest BCUT2D eigenvalue weighted by atomic mass is 10.1. The first-order valence-corrected chi connectivity index (χ1v) is 3.37. The highest BCUT2D eigenvalue weighted by atomic mass is 19.1. The summed E-state index contributed by atoms with van der Waals surface area (Å²) in [4.78, 5) is 0. The molecular weight excluding hydrogens is 141 g/mol. The Balaban J connectivity index is 3.03. The molecule has 0 bridgehead atoms. The van der Waals surface area contributed by atoms with Gasteiger partial charge in [-0.1, -0.05) is 18.7 Å². The molecule has 0 saturated carbocycles. The van der Waals surface area contributed by atoms with Gasteiger partial charge in [-0.3, -0.25) is 0 Å². The van der Waals surface area contributed by atoms with E-state index in [-0.39, 0.29) is 5.82 Å². The number of halogens is 1. The minimum Gasteiger partial charge on any atom is -0.388 e. The lowest BCUT2D eigenvalue weighted by Crippen LogP contribution is -2.04. The van der Waals surface area contributed by atoms with Crippen LogP contribution in [-0.4, -0.2) is 7.05 Å². The van der Waals surface area contributed by atoms with Crippen molar-refractivity contribution in [3.63, 3.8) is 0 Å². The second-order valence-electron chi connectivity index (χ2n) is 2.21. The minimum absolute atomic E-state index is 0.244. The molecule has 0 unspecified atom stereocenters. The lowest BCUT2D eigenvalue weighted by molar-refractivity contribution is 0.623. The molecule has 0 radical (unpaired) electrons. The molecule has 1 rings (SSSR count). The van der Waals surface area contributed by atoms with Crippen LogP contribution in [0.1, 0.15) is 5.56 Å². The van der Waals surface area contributed by atoms with Crippen molar-refractivity contribution < 1.29 is 4.39 Å². The first-order valence-electron chi connectivity index (χ1n) is 3.37. The Kier molecular flexibility index (Phi) is 2.26. The van der Waals surface area contributed by atoms with Crippen molar-refractivity contribution >= 4 is 5.70 Å². The quantitative estimate of drug-likeness (QED) is 0.681. The summed E-state index contributed by atoms with van der Waals surface area (Å²) in [6.07, 6.45) is 0. The average molecular weight is 151 g/mol. The third-order valence-corrected chi connectivity index (χ3v) is 1.50. The van der Waals surface area contributed by atoms with Crippen molar-refractivity contribution in [3.05, 3.63) is 42.2 Å². The molecule has 2 heteroatoms. The van der Waals surface area contributed by atoms with Crippen LogP contribution < -0.4 is 5.32 Å². The van der Waals surface area contributed by atoms with E-state index in [4.69, 9.17) is 0 Å². The fourth-order valence-electron chi connectivity index (χ4n) is 0.841. The smallest absolute Gasteiger partial charge is 0.132 e. The zero-order valence-corrected chi connectivity index (χ0v) is 6.39. The fourth-order valence-corrected chi connectivity index (χ4v) is 0.841. The van der Waals surface area contributed by atoms with Gasteiger partial charge in [-0.2, -0.15) is 0 Å². The average Bonchev–Trinajstić information content (AvgIpc) is 2.04. The van der Waals surface area contributed by atoms with Crippen molar-refractivity contribution in [1.82, 2.24) is 5.32 Å². The Labute approximate surface area is 65.6 Å². The van der Waals surface area contributed by atoms with Crippen LogP contribution in [0.15, 0.2) is 30.8 Å². The first kappa shape index (κ1) is 7.79. The van der Waals surface area contributed by atoms with E-state index >= 15 is 0 Å². The van der Waals surface area contributed by atoms with E-state index in [9.17, 15) is 4.39 Å². The second kappa shape index (κ2) is 3.19. The Morgan fingerprint density at radius 2 is 2.09 bits per heavy atom. The fraction of sp³-hybridized carbons (Fsp3) is 0.111. The Hall–Kier alpha value is -1.31. The molecule has 0 aliphatic carbocycles. The summed E-state index contributed by atoms with van der Waals surface area (Å²) >= 11 is 0. The van der Waals surface area contributed by atoms with Crippen molar-refractivity contribution in [1.29, 1.82) is 0 Å². The molecule has 0 fully saturated rings. The number of hydrogen-bond acceptors (Lipinski definition) is 1. The minimum atomic E-state index is -0.244. The highest BCUT2D eigenvalue weighted by Gasteiger charge is 2.01. The molecule has 11 heavy (non-hydrogen) atoms. The van der Waals surface area contributed by atoms with Crippen molar-refractivity contribution in [2.45, 2.75) is 0 Å². The molecule has 1 N–H and O–H groups in total. The highest BCUT2D eigenvalue weighted by molar-refractivity contribution is 5.61. The molecule has 0 aromatic heterocycles. The summed E-state index contributed by atoms with van der Waals surface area (Å²) in [5.41, 5.74) is 1.12. The van der Waals surface area contributed by atoms with Crippen LogP contribution in [0.5, 0.6) is 0 Å². The van der Waals surface area contributed by atoms with Crippen LogP contribution in [0.2, 0.25) is 0 Å². The summed E-state index contributed by atoms with van der Waals surface area (Å²) < 4.78 is 12.9. The summed E-state index contributed by atoms with van der Waals surface area (Å²) in [6.45, 7) is 3.65. The van der Waals surface area contributed by atoms with E-state index in [2.05, 4.69) is 11.9 Å². The maximum absolute atomic E-state index is 12.9. The van der Waals surface area contributed by atoms with E-state index in [1.807, 2.05) is 0 Å². The largest absolute Gasteiger partial charge is 0.388 e. The Bertz CT molecular complexity index is 268. The standard InChI is InChI=1S/C9H10FN/c1-7(11-2)8-5-3-4-6-9(8)10/h3-6,11H,1H2,2H3. The molecule has 0 aliphatic rings. The topological polar surface area (TPSA) is 12.0 Å². The van der Waals surface area contributed by atoms with E-state index in [0.29, 0.717) is 11.3 Å². The van der Waals surface area contributed by atoms with Gasteiger partial charge >= 0.3 is 0 Å². The number of hydrogen-bond donors (Lipinski definition) is 1. The van der Waals surface area contributed by atoms with E-state index < -0.39 is 0 Å². The normalized spacial score (nSPS) is 9.27. The van der Waals surface area contributed by atoms with Crippen LogP contribution in [0.3, 0.4) is 0 Å². The van der Waals surface area contributed by atoms with Gasteiger partial charge in [0.1, 0.15) is 5.82 Å². The van der Waals surface area contributed by atoms with E-state index in [1.54, 1.807) is 25.2 Å². The third kappa shape index (κ3) is 1.58. The molecule has 0 spiro atoms. The van der Waals surface area contributed by atoms with Gasteiger partial charge < -0.3 is 5.32 Å². The molecule has 1 aromatic carbocycles. The van der Waals surface area contributed by atoms with Crippen LogP contribution in [0.4, 0.5) is 4.39 Å². The van der Waals surface area contributed by atoms with Gasteiger partial charge in [0.2, 0.25) is 0 Å². The van der Waals surface area contributed by atoms with Crippen molar-refractivity contribution in [2.24, 2.45) is 0 Å². The molecule has 0 saturated heterocycles. The molecule has 1 aromatic rings. The summed E-state index contributed by atoms with van der Waals surface area (Å²) in [6, 6.07) is 6.54. The van der Waals surface area contributed by atoms with Crippen molar-refractivity contribution in [2.75, 3.05) is 7.05 Å². The lowest BCUT2D eigenvalue weighted by Gasteiger charge is -2.04. The van der Waals surface area contributed by atoms with Crippen LogP contribution >= 0.6 is 0 Å². The van der Waals surface area contributed by atoms with Crippen molar-refractivity contribution in [3.8, 4) is 0 Å². The van der Waals surface area contributed by atoms with Gasteiger partial charge in [0.05, 0.1) is 0 Å². The zero-order chi connectivity index (χ0) is 8.27. The van der Waals surface area contributed by atoms with Gasteiger partial charge in [0, 0.05) is 18.3 Å². The van der Waals surface area contributed by atoms with E-state index in [1.165, 1.54) is 6.07 Å². The predicted octanol–water partition coefficient (Wildman–Crippen LogP) is 2.02. The maximum Gasteiger partial charge on any atom is 0.132 e. The highest BCUT2D eigenvalue weighted by Crippen LogP contribution is 2.12.